The van der Waals surface area contributed by atoms with Crippen LogP contribution in [0.15, 0.2) is 0 Å². The van der Waals surface area contributed by atoms with Gasteiger partial charge in [0, 0.05) is 19.1 Å². The van der Waals surface area contributed by atoms with Gasteiger partial charge in [0.05, 0.1) is 0 Å². The van der Waals surface area contributed by atoms with E-state index in [1.165, 1.54) is 0 Å². The molecule has 1 aliphatic heterocycles. The van der Waals surface area contributed by atoms with Gasteiger partial charge in [-0.25, -0.2) is 4.79 Å². The summed E-state index contributed by atoms with van der Waals surface area (Å²) in [7, 11) is 0. The van der Waals surface area contributed by atoms with Crippen molar-refractivity contribution in [1.29, 1.82) is 0 Å². The molecule has 0 aromatic heterocycles. The van der Waals surface area contributed by atoms with E-state index in [2.05, 4.69) is 5.32 Å². The molecule has 2 rings (SSSR count). The third kappa shape index (κ3) is 2.12. The van der Waals surface area contributed by atoms with Gasteiger partial charge < -0.3 is 16.0 Å². The number of nitrogens with two attached hydrogens (primary N) is 1. The Morgan fingerprint density at radius 2 is 2.23 bits per heavy atom. The number of likely N-dealkylation sites (tertiary alicyclic amines) is 1. The van der Waals surface area contributed by atoms with Gasteiger partial charge in [0.2, 0.25) is 0 Å². The molecule has 2 aliphatic rings. The molecule has 0 aromatic rings. The Morgan fingerprint density at radius 3 is 2.77 bits per heavy atom. The average Bonchev–Trinajstić information content (AvgIpc) is 2.82. The molecule has 0 radical (unpaired) electrons. The quantitative estimate of drug-likeness (QED) is 0.639. The van der Waals surface area contributed by atoms with Crippen molar-refractivity contribution in [2.45, 2.75) is 25.3 Å². The lowest BCUT2D eigenvalue weighted by Gasteiger charge is -2.16. The van der Waals surface area contributed by atoms with Crippen LogP contribution >= 0.6 is 0 Å². The monoisotopic (exact) mass is 183 g/mol. The molecule has 1 heterocycles. The minimum absolute atomic E-state index is 0.110. The molecule has 1 saturated carbocycles. The van der Waals surface area contributed by atoms with Crippen LogP contribution in [0.4, 0.5) is 4.79 Å². The average molecular weight is 183 g/mol. The van der Waals surface area contributed by atoms with E-state index in [0.29, 0.717) is 18.5 Å². The second-order valence-electron chi connectivity index (χ2n) is 4.06. The van der Waals surface area contributed by atoms with Crippen LogP contribution in [0.1, 0.15) is 19.3 Å². The molecular formula is C9H17N3O. The van der Waals surface area contributed by atoms with Crippen LogP contribution in [0.5, 0.6) is 0 Å². The lowest BCUT2D eigenvalue weighted by molar-refractivity contribution is 0.206. The van der Waals surface area contributed by atoms with Crippen LogP contribution in [0, 0.1) is 5.92 Å². The zero-order valence-electron chi connectivity index (χ0n) is 7.83. The standard InChI is InChI=1S/C9H17N3O/c10-5-7-3-4-12(6-7)9(13)11-8-1-2-8/h7-8H,1-6,10H2,(H,11,13). The number of rotatable bonds is 2. The van der Waals surface area contributed by atoms with E-state index in [9.17, 15) is 4.79 Å². The van der Waals surface area contributed by atoms with E-state index in [1.54, 1.807) is 0 Å². The van der Waals surface area contributed by atoms with Crippen molar-refractivity contribution in [3.8, 4) is 0 Å². The van der Waals surface area contributed by atoms with E-state index >= 15 is 0 Å². The first-order valence-electron chi connectivity index (χ1n) is 5.05. The minimum Gasteiger partial charge on any atom is -0.335 e. The van der Waals surface area contributed by atoms with Crippen LogP contribution in [0.2, 0.25) is 0 Å². The summed E-state index contributed by atoms with van der Waals surface area (Å²) in [5, 5.41) is 2.99. The number of nitrogens with zero attached hydrogens (tertiary/aromatic N) is 1. The van der Waals surface area contributed by atoms with Crippen LogP contribution in [-0.4, -0.2) is 36.6 Å². The van der Waals surface area contributed by atoms with Crippen LogP contribution in [0.25, 0.3) is 0 Å². The van der Waals surface area contributed by atoms with E-state index in [0.717, 1.165) is 32.4 Å². The molecule has 4 heteroatoms. The molecule has 1 saturated heterocycles. The van der Waals surface area contributed by atoms with Crippen molar-refractivity contribution in [1.82, 2.24) is 10.2 Å². The molecule has 0 aromatic carbocycles. The summed E-state index contributed by atoms with van der Waals surface area (Å²) in [6.45, 7) is 2.42. The van der Waals surface area contributed by atoms with Crippen molar-refractivity contribution in [3.63, 3.8) is 0 Å². The van der Waals surface area contributed by atoms with Crippen molar-refractivity contribution < 1.29 is 4.79 Å². The molecule has 4 nitrogen and oxygen atoms in total. The summed E-state index contributed by atoms with van der Waals surface area (Å²) in [6.07, 6.45) is 3.37. The Labute approximate surface area is 78.5 Å². The van der Waals surface area contributed by atoms with Gasteiger partial charge >= 0.3 is 6.03 Å². The van der Waals surface area contributed by atoms with Gasteiger partial charge in [0.15, 0.2) is 0 Å². The predicted octanol–water partition coefficient (Wildman–Crippen LogP) is 0.139. The normalized spacial score (nSPS) is 27.8. The van der Waals surface area contributed by atoms with E-state index < -0.39 is 0 Å². The number of carbonyl (C=O) groups excluding carboxylic acids is 1. The zero-order valence-corrected chi connectivity index (χ0v) is 7.83. The fourth-order valence-corrected chi connectivity index (χ4v) is 1.70. The first-order valence-corrected chi connectivity index (χ1v) is 5.05. The molecule has 13 heavy (non-hydrogen) atoms. The first kappa shape index (κ1) is 8.81. The number of amides is 2. The smallest absolute Gasteiger partial charge is 0.317 e. The number of nitrogens with one attached hydrogen (secondary N) is 1. The number of carbonyl (C=O) groups is 1. The maximum Gasteiger partial charge on any atom is 0.317 e. The highest BCUT2D eigenvalue weighted by Crippen LogP contribution is 2.20. The van der Waals surface area contributed by atoms with E-state index in [4.69, 9.17) is 5.73 Å². The number of urea groups is 1. The third-order valence-corrected chi connectivity index (χ3v) is 2.81. The maximum atomic E-state index is 11.5. The van der Waals surface area contributed by atoms with Gasteiger partial charge in [-0.1, -0.05) is 0 Å². The Morgan fingerprint density at radius 1 is 1.46 bits per heavy atom. The van der Waals surface area contributed by atoms with Gasteiger partial charge in [-0.3, -0.25) is 0 Å². The van der Waals surface area contributed by atoms with Gasteiger partial charge in [0.1, 0.15) is 0 Å². The fraction of sp³-hybridized carbons (Fsp3) is 0.889. The van der Waals surface area contributed by atoms with Crippen molar-refractivity contribution in [2.75, 3.05) is 19.6 Å². The molecule has 1 unspecified atom stereocenters. The third-order valence-electron chi connectivity index (χ3n) is 2.81. The fourth-order valence-electron chi connectivity index (χ4n) is 1.70. The minimum atomic E-state index is 0.110. The Kier molecular flexibility index (Phi) is 2.40. The molecule has 0 spiro atoms. The summed E-state index contributed by atoms with van der Waals surface area (Å²) in [4.78, 5) is 13.4. The highest BCUT2D eigenvalue weighted by molar-refractivity contribution is 5.75. The number of hydrogen-bond acceptors (Lipinski definition) is 2. The predicted molar refractivity (Wildman–Crippen MR) is 50.3 cm³/mol. The Hall–Kier alpha value is -0.770. The maximum absolute atomic E-state index is 11.5. The Bertz CT molecular complexity index is 203. The van der Waals surface area contributed by atoms with Gasteiger partial charge in [-0.05, 0) is 31.7 Å². The van der Waals surface area contributed by atoms with E-state index in [1.807, 2.05) is 4.90 Å². The van der Waals surface area contributed by atoms with Gasteiger partial charge in [-0.15, -0.1) is 0 Å². The summed E-state index contributed by atoms with van der Waals surface area (Å²) < 4.78 is 0. The topological polar surface area (TPSA) is 58.4 Å². The molecule has 2 fully saturated rings. The van der Waals surface area contributed by atoms with Crippen molar-refractivity contribution >= 4 is 6.03 Å². The SMILES string of the molecule is NCC1CCN(C(=O)NC2CC2)C1. The summed E-state index contributed by atoms with van der Waals surface area (Å²) in [5.41, 5.74) is 5.55. The van der Waals surface area contributed by atoms with Crippen molar-refractivity contribution in [3.05, 3.63) is 0 Å². The number of hydrogen-bond donors (Lipinski definition) is 2. The van der Waals surface area contributed by atoms with E-state index in [-0.39, 0.29) is 6.03 Å². The lowest BCUT2D eigenvalue weighted by atomic mass is 10.1. The van der Waals surface area contributed by atoms with Gasteiger partial charge in [-0.2, -0.15) is 0 Å². The molecule has 2 amide bonds. The van der Waals surface area contributed by atoms with Crippen molar-refractivity contribution in [2.24, 2.45) is 11.7 Å². The largest absolute Gasteiger partial charge is 0.335 e. The zero-order chi connectivity index (χ0) is 9.26. The summed E-state index contributed by atoms with van der Waals surface area (Å²) >= 11 is 0. The highest BCUT2D eigenvalue weighted by atomic mass is 16.2. The molecule has 3 N–H and O–H groups in total. The molecule has 0 bridgehead atoms. The Balaban J connectivity index is 1.77. The molecule has 1 atom stereocenters. The van der Waals surface area contributed by atoms with Gasteiger partial charge in [0.25, 0.3) is 0 Å². The molecule has 1 aliphatic carbocycles. The molecule has 74 valence electrons. The molecular weight excluding hydrogens is 166 g/mol. The lowest BCUT2D eigenvalue weighted by Crippen LogP contribution is -2.39. The summed E-state index contributed by atoms with van der Waals surface area (Å²) in [5.74, 6) is 0.518. The van der Waals surface area contributed by atoms with Crippen LogP contribution < -0.4 is 11.1 Å². The first-order chi connectivity index (χ1) is 6.29. The second-order valence-corrected chi connectivity index (χ2v) is 4.06. The summed E-state index contributed by atoms with van der Waals surface area (Å²) in [6, 6.07) is 0.572. The van der Waals surface area contributed by atoms with Crippen LogP contribution in [-0.2, 0) is 0 Å². The highest BCUT2D eigenvalue weighted by Gasteiger charge is 2.29. The second kappa shape index (κ2) is 3.54. The van der Waals surface area contributed by atoms with Crippen LogP contribution in [0.3, 0.4) is 0 Å².